The van der Waals surface area contributed by atoms with E-state index in [1.165, 1.54) is 0 Å². The van der Waals surface area contributed by atoms with E-state index >= 15 is 0 Å². The predicted molar refractivity (Wildman–Crippen MR) is 11.1 cm³/mol. The van der Waals surface area contributed by atoms with Crippen LogP contribution in [-0.2, 0) is 76.5 Å². The standard InChI is InChI=1S/Co.Mn.Ni.H3P.Zr/h;;;1H3;. The van der Waals surface area contributed by atoms with Crippen molar-refractivity contribution < 1.29 is 76.5 Å². The first-order valence-corrected chi connectivity index (χ1v) is 0. The van der Waals surface area contributed by atoms with E-state index in [1.54, 1.807) is 0 Å². The monoisotopic (exact) mass is 296 g/mol. The van der Waals surface area contributed by atoms with Crippen LogP contribution in [-0.4, -0.2) is 0 Å². The molecule has 0 aromatic rings. The SMILES string of the molecule is P.[Co].[Mn].[Ni].[Zr]. The molecule has 1 atom stereocenters. The van der Waals surface area contributed by atoms with Crippen molar-refractivity contribution in [2.45, 2.75) is 0 Å². The molecule has 0 saturated heterocycles. The number of hydrogen-bond donors (Lipinski definition) is 0. The quantitative estimate of drug-likeness (QED) is 0.438. The van der Waals surface area contributed by atoms with E-state index in [0.29, 0.717) is 0 Å². The Morgan fingerprint density at radius 1 is 1.00 bits per heavy atom. The van der Waals surface area contributed by atoms with Crippen molar-refractivity contribution in [3.05, 3.63) is 0 Å². The van der Waals surface area contributed by atoms with Gasteiger partial charge in [0.2, 0.25) is 0 Å². The van der Waals surface area contributed by atoms with Crippen LogP contribution in [0.2, 0.25) is 0 Å². The summed E-state index contributed by atoms with van der Waals surface area (Å²) in [4.78, 5) is 0. The summed E-state index contributed by atoms with van der Waals surface area (Å²) in [6.07, 6.45) is 0. The molecule has 38 valence electrons. The van der Waals surface area contributed by atoms with Crippen LogP contribution in [0.4, 0.5) is 0 Å². The third-order valence-corrected chi connectivity index (χ3v) is 0. The zero-order valence-corrected chi connectivity index (χ0v) is 9.32. The summed E-state index contributed by atoms with van der Waals surface area (Å²) in [6.45, 7) is 0. The van der Waals surface area contributed by atoms with Gasteiger partial charge < -0.3 is 0 Å². The smallest absolute Gasteiger partial charge is 0 e. The Morgan fingerprint density at radius 2 is 1.00 bits per heavy atom. The molecule has 0 saturated carbocycles. The Bertz CT molecular complexity index is 11.6. The van der Waals surface area contributed by atoms with Crippen LogP contribution in [0.25, 0.3) is 0 Å². The molecule has 0 aromatic heterocycles. The van der Waals surface area contributed by atoms with Gasteiger partial charge in [0.05, 0.1) is 0 Å². The fourth-order valence-corrected chi connectivity index (χ4v) is 0. The summed E-state index contributed by atoms with van der Waals surface area (Å²) in [5, 5.41) is 0. The second-order valence-corrected chi connectivity index (χ2v) is 0. The van der Waals surface area contributed by atoms with Crippen LogP contribution in [0.1, 0.15) is 0 Å². The molecular weight excluding hydrogens is 295 g/mol. The van der Waals surface area contributed by atoms with Gasteiger partial charge in [-0.3, -0.25) is 0 Å². The first-order chi connectivity index (χ1) is 0. The fourth-order valence-electron chi connectivity index (χ4n) is 0. The van der Waals surface area contributed by atoms with E-state index in [2.05, 4.69) is 0 Å². The molecule has 0 aliphatic heterocycles. The van der Waals surface area contributed by atoms with Crippen molar-refractivity contribution in [2.24, 2.45) is 0 Å². The summed E-state index contributed by atoms with van der Waals surface area (Å²) >= 11 is 0. The Hall–Kier alpha value is 2.83. The number of hydrogen-bond acceptors (Lipinski definition) is 0. The van der Waals surface area contributed by atoms with Gasteiger partial charge in [0.15, 0.2) is 0 Å². The van der Waals surface area contributed by atoms with Crippen LogP contribution in [0.15, 0.2) is 0 Å². The van der Waals surface area contributed by atoms with Crippen LogP contribution in [0.3, 0.4) is 0 Å². The molecule has 2 radical (unpaired) electrons. The molecule has 5 heavy (non-hydrogen) atoms. The maximum Gasteiger partial charge on any atom is 0 e. The molecule has 0 fully saturated rings. The van der Waals surface area contributed by atoms with Crippen molar-refractivity contribution in [3.8, 4) is 0 Å². The molecule has 1 unspecified atom stereocenters. The molecule has 0 amide bonds. The average molecular weight is 298 g/mol. The van der Waals surface area contributed by atoms with E-state index in [0.717, 1.165) is 0 Å². The first kappa shape index (κ1) is 45.6. The van der Waals surface area contributed by atoms with Gasteiger partial charge in [0.25, 0.3) is 0 Å². The summed E-state index contributed by atoms with van der Waals surface area (Å²) in [5.41, 5.74) is 0. The summed E-state index contributed by atoms with van der Waals surface area (Å²) < 4.78 is 0. The Morgan fingerprint density at radius 3 is 1.00 bits per heavy atom. The third-order valence-electron chi connectivity index (χ3n) is 0. The van der Waals surface area contributed by atoms with E-state index < -0.39 is 0 Å². The third kappa shape index (κ3) is 19.9. The topological polar surface area (TPSA) is 0 Å². The fraction of sp³-hybridized carbons (Fsp3) is 0. The van der Waals surface area contributed by atoms with Gasteiger partial charge in [-0.15, -0.1) is 0 Å². The van der Waals surface area contributed by atoms with Crippen molar-refractivity contribution in [1.82, 2.24) is 0 Å². The molecule has 0 rings (SSSR count). The van der Waals surface area contributed by atoms with E-state index in [9.17, 15) is 0 Å². The van der Waals surface area contributed by atoms with Crippen molar-refractivity contribution >= 4 is 9.90 Å². The van der Waals surface area contributed by atoms with Gasteiger partial charge in [-0.1, -0.05) is 0 Å². The summed E-state index contributed by atoms with van der Waals surface area (Å²) in [6, 6.07) is 0. The zero-order valence-electron chi connectivity index (χ0n) is 2.23. The molecule has 5 heteroatoms. The van der Waals surface area contributed by atoms with Gasteiger partial charge in [-0.05, 0) is 0 Å². The maximum absolute atomic E-state index is 0. The molecule has 0 spiro atoms. The Labute approximate surface area is 85.3 Å². The van der Waals surface area contributed by atoms with Crippen LogP contribution >= 0.6 is 9.90 Å². The maximum atomic E-state index is 0. The Kier molecular flexibility index (Phi) is 264. The molecule has 0 aliphatic carbocycles. The summed E-state index contributed by atoms with van der Waals surface area (Å²) in [5.74, 6) is 0. The van der Waals surface area contributed by atoms with Crippen LogP contribution in [0.5, 0.6) is 0 Å². The minimum atomic E-state index is 0. The predicted octanol–water partition coefficient (Wildman–Crippen LogP) is 0.0481. The van der Waals surface area contributed by atoms with Gasteiger partial charge in [-0.2, -0.15) is 9.90 Å². The molecule has 0 nitrogen and oxygen atoms in total. The Balaban J connectivity index is 0. The molecule has 0 bridgehead atoms. The van der Waals surface area contributed by atoms with Gasteiger partial charge in [0.1, 0.15) is 0 Å². The van der Waals surface area contributed by atoms with E-state index in [-0.39, 0.29) is 86.4 Å². The van der Waals surface area contributed by atoms with Gasteiger partial charge >= 0.3 is 0 Å². The van der Waals surface area contributed by atoms with Crippen LogP contribution in [0, 0.1) is 0 Å². The first-order valence-electron chi connectivity index (χ1n) is 0. The molecular formula is H3CoMnNiPZr. The van der Waals surface area contributed by atoms with Gasteiger partial charge in [-0.25, -0.2) is 0 Å². The van der Waals surface area contributed by atoms with Gasteiger partial charge in [0, 0.05) is 76.5 Å². The van der Waals surface area contributed by atoms with Crippen molar-refractivity contribution in [1.29, 1.82) is 0 Å². The summed E-state index contributed by atoms with van der Waals surface area (Å²) in [7, 11) is 0. The second kappa shape index (κ2) is 29.0. The van der Waals surface area contributed by atoms with E-state index in [1.807, 2.05) is 0 Å². The largest absolute Gasteiger partial charge is 0.153 e. The zero-order chi connectivity index (χ0) is 0. The normalized spacial score (nSPS) is 0. The van der Waals surface area contributed by atoms with Crippen LogP contribution < -0.4 is 0 Å². The molecule has 0 aromatic carbocycles. The molecule has 0 N–H and O–H groups in total. The minimum Gasteiger partial charge on any atom is -0.153 e. The van der Waals surface area contributed by atoms with E-state index in [4.69, 9.17) is 0 Å². The average Bonchev–Trinajstić information content (AvgIpc) is 0. The molecule has 0 aliphatic rings. The minimum absolute atomic E-state index is 0. The number of rotatable bonds is 0. The second-order valence-electron chi connectivity index (χ2n) is 0. The van der Waals surface area contributed by atoms with Crippen molar-refractivity contribution in [3.63, 3.8) is 0 Å². The molecule has 0 heterocycles. The van der Waals surface area contributed by atoms with Crippen molar-refractivity contribution in [2.75, 3.05) is 0 Å².